The lowest BCUT2D eigenvalue weighted by molar-refractivity contribution is -0.0310. The maximum absolute atomic E-state index is 2.75. The fourth-order valence-electron chi connectivity index (χ4n) is 3.03. The second kappa shape index (κ2) is 3.37. The van der Waals surface area contributed by atoms with Crippen LogP contribution in [0.1, 0.15) is 52.4 Å². The van der Waals surface area contributed by atoms with E-state index >= 15 is 0 Å². The van der Waals surface area contributed by atoms with Gasteiger partial charge in [-0.05, 0) is 33.1 Å². The maximum atomic E-state index is 2.75. The number of fused-ring (bicyclic) bond motifs is 4. The first-order valence-corrected chi connectivity index (χ1v) is 5.56. The average molecular weight is 167 g/mol. The Kier molecular flexibility index (Phi) is 2.40. The molecule has 0 radical (unpaired) electrons. The molecule has 70 valence electrons. The molecule has 2 heterocycles. The predicted molar refractivity (Wildman–Crippen MR) is 52.3 cm³/mol. The molecule has 1 heteroatoms. The lowest BCUT2D eigenvalue weighted by Gasteiger charge is -2.53. The molecule has 0 aromatic heterocycles. The maximum Gasteiger partial charge on any atom is 0.0116 e. The Labute approximate surface area is 76.1 Å². The zero-order valence-electron chi connectivity index (χ0n) is 8.42. The monoisotopic (exact) mass is 167 g/mol. The van der Waals surface area contributed by atoms with Crippen molar-refractivity contribution >= 4 is 0 Å². The molecule has 3 rings (SSSR count). The first kappa shape index (κ1) is 8.55. The van der Waals surface area contributed by atoms with Gasteiger partial charge in [-0.1, -0.05) is 19.3 Å². The van der Waals surface area contributed by atoms with Crippen molar-refractivity contribution in [2.24, 2.45) is 0 Å². The molecule has 2 atom stereocenters. The van der Waals surface area contributed by atoms with Crippen molar-refractivity contribution in [3.8, 4) is 0 Å². The Hall–Kier alpha value is -0.0400. The molecular weight excluding hydrogens is 146 g/mol. The van der Waals surface area contributed by atoms with Gasteiger partial charge in [-0.25, -0.2) is 0 Å². The summed E-state index contributed by atoms with van der Waals surface area (Å²) in [6.07, 6.45) is 8.86. The molecule has 3 fully saturated rings. The van der Waals surface area contributed by atoms with Crippen molar-refractivity contribution in [1.82, 2.24) is 4.90 Å². The van der Waals surface area contributed by atoms with Crippen LogP contribution in [0.2, 0.25) is 0 Å². The minimum Gasteiger partial charge on any atom is -0.295 e. The van der Waals surface area contributed by atoms with Crippen LogP contribution in [0.5, 0.6) is 0 Å². The zero-order valence-corrected chi connectivity index (χ0v) is 8.42. The highest BCUT2D eigenvalue weighted by Gasteiger charge is 2.39. The molecule has 2 unspecified atom stereocenters. The van der Waals surface area contributed by atoms with Crippen LogP contribution in [0.25, 0.3) is 0 Å². The summed E-state index contributed by atoms with van der Waals surface area (Å²) in [4.78, 5) is 2.75. The molecule has 12 heavy (non-hydrogen) atoms. The van der Waals surface area contributed by atoms with E-state index in [-0.39, 0.29) is 0 Å². The summed E-state index contributed by atoms with van der Waals surface area (Å²) in [5.41, 5.74) is 0. The van der Waals surface area contributed by atoms with E-state index in [1.807, 2.05) is 0 Å². The van der Waals surface area contributed by atoms with Crippen molar-refractivity contribution in [2.45, 2.75) is 70.5 Å². The van der Waals surface area contributed by atoms with Gasteiger partial charge in [-0.3, -0.25) is 4.90 Å². The first-order chi connectivity index (χ1) is 5.79. The molecule has 0 spiro atoms. The summed E-state index contributed by atoms with van der Waals surface area (Å²) in [5, 5.41) is 0. The van der Waals surface area contributed by atoms with Gasteiger partial charge >= 0.3 is 0 Å². The van der Waals surface area contributed by atoms with E-state index in [2.05, 4.69) is 18.7 Å². The highest BCUT2D eigenvalue weighted by Crippen LogP contribution is 2.36. The van der Waals surface area contributed by atoms with Gasteiger partial charge in [0.2, 0.25) is 0 Å². The normalized spacial score (nSPS) is 37.2. The van der Waals surface area contributed by atoms with Gasteiger partial charge in [0.15, 0.2) is 0 Å². The average Bonchev–Trinajstić information content (AvgIpc) is 1.78. The Bertz CT molecular complexity index is 137. The summed E-state index contributed by atoms with van der Waals surface area (Å²) in [5.74, 6) is 0. The van der Waals surface area contributed by atoms with E-state index in [1.165, 1.54) is 38.5 Å². The van der Waals surface area contributed by atoms with E-state index in [1.54, 1.807) is 0 Å². The van der Waals surface area contributed by atoms with Crippen LogP contribution in [-0.4, -0.2) is 23.0 Å². The number of hydrogen-bond acceptors (Lipinski definition) is 1. The Balaban J connectivity index is 1.96. The molecule has 3 aliphatic rings. The van der Waals surface area contributed by atoms with E-state index in [0.29, 0.717) is 0 Å². The summed E-state index contributed by atoms with van der Waals surface area (Å²) in [7, 11) is 0. The Morgan fingerprint density at radius 1 is 1.00 bits per heavy atom. The molecule has 2 saturated heterocycles. The second-order valence-corrected chi connectivity index (χ2v) is 4.72. The number of rotatable bonds is 1. The van der Waals surface area contributed by atoms with Gasteiger partial charge < -0.3 is 0 Å². The molecule has 0 aromatic carbocycles. The van der Waals surface area contributed by atoms with Crippen LogP contribution < -0.4 is 0 Å². The van der Waals surface area contributed by atoms with E-state index in [9.17, 15) is 0 Å². The molecule has 0 amide bonds. The third kappa shape index (κ3) is 1.39. The second-order valence-electron chi connectivity index (χ2n) is 4.72. The summed E-state index contributed by atoms with van der Waals surface area (Å²) in [6, 6.07) is 2.69. The van der Waals surface area contributed by atoms with Gasteiger partial charge in [0.1, 0.15) is 0 Å². The summed E-state index contributed by atoms with van der Waals surface area (Å²) in [6.45, 7) is 4.70. The van der Waals surface area contributed by atoms with Crippen LogP contribution in [-0.2, 0) is 0 Å². The molecule has 2 bridgehead atoms. The Morgan fingerprint density at radius 2 is 1.58 bits per heavy atom. The molecular formula is C11H21N. The van der Waals surface area contributed by atoms with E-state index in [4.69, 9.17) is 0 Å². The SMILES string of the molecule is CC(C)N1C2CCCCCC1C2. The van der Waals surface area contributed by atoms with Crippen molar-refractivity contribution in [3.05, 3.63) is 0 Å². The minimum atomic E-state index is 0.784. The van der Waals surface area contributed by atoms with Crippen LogP contribution in [0, 0.1) is 0 Å². The predicted octanol–water partition coefficient (Wildman–Crippen LogP) is 2.80. The largest absolute Gasteiger partial charge is 0.295 e. The summed E-state index contributed by atoms with van der Waals surface area (Å²) >= 11 is 0. The van der Waals surface area contributed by atoms with E-state index < -0.39 is 0 Å². The fraction of sp³-hybridized carbons (Fsp3) is 1.00. The lowest BCUT2D eigenvalue weighted by Crippen LogP contribution is -2.59. The lowest BCUT2D eigenvalue weighted by atomic mass is 9.81. The van der Waals surface area contributed by atoms with Crippen molar-refractivity contribution in [2.75, 3.05) is 0 Å². The smallest absolute Gasteiger partial charge is 0.0116 e. The minimum absolute atomic E-state index is 0.784. The quantitative estimate of drug-likeness (QED) is 0.580. The van der Waals surface area contributed by atoms with Crippen LogP contribution in [0.3, 0.4) is 0 Å². The van der Waals surface area contributed by atoms with Gasteiger partial charge in [0, 0.05) is 18.1 Å². The van der Waals surface area contributed by atoms with Crippen molar-refractivity contribution < 1.29 is 0 Å². The van der Waals surface area contributed by atoms with Crippen LogP contribution >= 0.6 is 0 Å². The fourth-order valence-corrected chi connectivity index (χ4v) is 3.03. The first-order valence-electron chi connectivity index (χ1n) is 5.56. The third-order valence-corrected chi connectivity index (χ3v) is 3.56. The Morgan fingerprint density at radius 3 is 2.08 bits per heavy atom. The zero-order chi connectivity index (χ0) is 8.55. The molecule has 1 aliphatic carbocycles. The van der Waals surface area contributed by atoms with Crippen LogP contribution in [0.4, 0.5) is 0 Å². The standard InChI is InChI=1S/C11H21N/c1-9(2)12-10-6-4-3-5-7-11(12)8-10/h9-11H,3-8H2,1-2H3. The number of hydrogen-bond donors (Lipinski definition) is 0. The number of nitrogens with zero attached hydrogens (tertiary/aromatic N) is 1. The van der Waals surface area contributed by atoms with Crippen molar-refractivity contribution in [3.63, 3.8) is 0 Å². The molecule has 2 aliphatic heterocycles. The highest BCUT2D eigenvalue weighted by atomic mass is 15.3. The molecule has 0 N–H and O–H groups in total. The van der Waals surface area contributed by atoms with E-state index in [0.717, 1.165) is 18.1 Å². The van der Waals surface area contributed by atoms with Gasteiger partial charge in [0.25, 0.3) is 0 Å². The third-order valence-electron chi connectivity index (χ3n) is 3.56. The van der Waals surface area contributed by atoms with Crippen LogP contribution in [0.15, 0.2) is 0 Å². The topological polar surface area (TPSA) is 3.24 Å². The van der Waals surface area contributed by atoms with Gasteiger partial charge in [0.05, 0.1) is 0 Å². The molecule has 1 saturated carbocycles. The van der Waals surface area contributed by atoms with Crippen molar-refractivity contribution in [1.29, 1.82) is 0 Å². The highest BCUT2D eigenvalue weighted by molar-refractivity contribution is 4.95. The van der Waals surface area contributed by atoms with Gasteiger partial charge in [-0.15, -0.1) is 0 Å². The molecule has 1 nitrogen and oxygen atoms in total. The summed E-state index contributed by atoms with van der Waals surface area (Å²) < 4.78 is 0. The molecule has 0 aromatic rings. The van der Waals surface area contributed by atoms with Gasteiger partial charge in [-0.2, -0.15) is 0 Å².